The third-order valence-corrected chi connectivity index (χ3v) is 4.53. The maximum atomic E-state index is 5.53. The molecular formula is C15H25N5. The highest BCUT2D eigenvalue weighted by Gasteiger charge is 2.28. The molecule has 1 heterocycles. The minimum absolute atomic E-state index is 0.519. The topological polar surface area (TPSA) is 75.9 Å². The van der Waals surface area contributed by atoms with Crippen LogP contribution in [0.5, 0.6) is 0 Å². The Morgan fingerprint density at radius 1 is 1.05 bits per heavy atom. The second-order valence-electron chi connectivity index (χ2n) is 6.28. The van der Waals surface area contributed by atoms with Gasteiger partial charge < -0.3 is 10.7 Å². The molecule has 2 saturated carbocycles. The van der Waals surface area contributed by atoms with Crippen LogP contribution in [0, 0.1) is 5.92 Å². The molecule has 5 heteroatoms. The number of nitrogens with one attached hydrogen (secondary N) is 2. The Kier molecular flexibility index (Phi) is 4.05. The Balaban J connectivity index is 1.76. The van der Waals surface area contributed by atoms with Gasteiger partial charge >= 0.3 is 0 Å². The molecular weight excluding hydrogens is 250 g/mol. The van der Waals surface area contributed by atoms with E-state index in [1.165, 1.54) is 44.9 Å². The van der Waals surface area contributed by atoms with Crippen LogP contribution in [-0.2, 0) is 0 Å². The molecule has 0 amide bonds. The molecule has 4 N–H and O–H groups in total. The summed E-state index contributed by atoms with van der Waals surface area (Å²) in [4.78, 5) is 9.14. The number of aromatic nitrogens is 2. The summed E-state index contributed by atoms with van der Waals surface area (Å²) in [5.74, 6) is 9.34. The average Bonchev–Trinajstić information content (AvgIpc) is 3.29. The van der Waals surface area contributed by atoms with Crippen molar-refractivity contribution in [3.63, 3.8) is 0 Å². The van der Waals surface area contributed by atoms with Crippen molar-refractivity contribution in [1.29, 1.82) is 0 Å². The van der Waals surface area contributed by atoms with Gasteiger partial charge in [0.2, 0.25) is 0 Å². The van der Waals surface area contributed by atoms with Crippen molar-refractivity contribution in [1.82, 2.24) is 9.97 Å². The van der Waals surface area contributed by atoms with Gasteiger partial charge in [0.15, 0.2) is 0 Å². The van der Waals surface area contributed by atoms with E-state index in [0.717, 1.165) is 11.6 Å². The molecule has 2 fully saturated rings. The van der Waals surface area contributed by atoms with Crippen LogP contribution in [-0.4, -0.2) is 16.0 Å². The predicted molar refractivity (Wildman–Crippen MR) is 81.5 cm³/mol. The first-order valence-electron chi connectivity index (χ1n) is 7.88. The predicted octanol–water partition coefficient (Wildman–Crippen LogP) is 3.02. The maximum absolute atomic E-state index is 5.53. The summed E-state index contributed by atoms with van der Waals surface area (Å²) in [6.45, 7) is 2.34. The quantitative estimate of drug-likeness (QED) is 0.447. The molecule has 1 aromatic heterocycles. The zero-order chi connectivity index (χ0) is 13.9. The molecule has 2 atom stereocenters. The largest absolute Gasteiger partial charge is 0.367 e. The zero-order valence-electron chi connectivity index (χ0n) is 12.2. The van der Waals surface area contributed by atoms with E-state index in [9.17, 15) is 0 Å². The summed E-state index contributed by atoms with van der Waals surface area (Å²) in [6, 6.07) is 2.44. The first-order valence-corrected chi connectivity index (χ1v) is 7.88. The Morgan fingerprint density at radius 3 is 2.55 bits per heavy atom. The van der Waals surface area contributed by atoms with E-state index >= 15 is 0 Å². The first-order chi connectivity index (χ1) is 9.76. The van der Waals surface area contributed by atoms with Gasteiger partial charge in [-0.2, -0.15) is 0 Å². The summed E-state index contributed by atoms with van der Waals surface area (Å²) in [5.41, 5.74) is 2.66. The van der Waals surface area contributed by atoms with Crippen LogP contribution >= 0.6 is 0 Å². The molecule has 3 rings (SSSR count). The van der Waals surface area contributed by atoms with Gasteiger partial charge in [0, 0.05) is 18.0 Å². The van der Waals surface area contributed by atoms with Crippen molar-refractivity contribution in [3.05, 3.63) is 11.9 Å². The van der Waals surface area contributed by atoms with Crippen molar-refractivity contribution in [3.8, 4) is 0 Å². The highest BCUT2D eigenvalue weighted by atomic mass is 15.3. The van der Waals surface area contributed by atoms with Gasteiger partial charge in [-0.15, -0.1) is 0 Å². The molecule has 0 aromatic carbocycles. The number of hydrazine groups is 1. The number of nitrogens with zero attached hydrogens (tertiary/aromatic N) is 2. The van der Waals surface area contributed by atoms with Crippen LogP contribution in [0.25, 0.3) is 0 Å². The average molecular weight is 275 g/mol. The number of rotatable bonds is 4. The summed E-state index contributed by atoms with van der Waals surface area (Å²) < 4.78 is 0. The number of anilines is 2. The number of nitrogen functional groups attached to an aromatic ring is 1. The van der Waals surface area contributed by atoms with Crippen molar-refractivity contribution in [2.24, 2.45) is 11.8 Å². The summed E-state index contributed by atoms with van der Waals surface area (Å²) in [5, 5.41) is 3.62. The Labute approximate surface area is 120 Å². The van der Waals surface area contributed by atoms with E-state index in [4.69, 9.17) is 5.84 Å². The van der Waals surface area contributed by atoms with Gasteiger partial charge in [0.1, 0.15) is 17.5 Å². The van der Waals surface area contributed by atoms with Crippen LogP contribution in [0.15, 0.2) is 6.07 Å². The summed E-state index contributed by atoms with van der Waals surface area (Å²) in [6.07, 6.45) is 8.96. The molecule has 0 bridgehead atoms. The third kappa shape index (κ3) is 3.20. The molecule has 0 aliphatic heterocycles. The Bertz CT molecular complexity index is 458. The minimum Gasteiger partial charge on any atom is -0.367 e. The molecule has 0 radical (unpaired) electrons. The fraction of sp³-hybridized carbons (Fsp3) is 0.733. The minimum atomic E-state index is 0.519. The van der Waals surface area contributed by atoms with Gasteiger partial charge in [-0.3, -0.25) is 0 Å². The second-order valence-corrected chi connectivity index (χ2v) is 6.28. The van der Waals surface area contributed by atoms with Gasteiger partial charge in [-0.05, 0) is 31.6 Å². The van der Waals surface area contributed by atoms with Gasteiger partial charge in [-0.1, -0.05) is 26.2 Å². The lowest BCUT2D eigenvalue weighted by molar-refractivity contribution is 0.455. The van der Waals surface area contributed by atoms with Crippen LogP contribution in [0.1, 0.15) is 63.6 Å². The normalized spacial score (nSPS) is 26.9. The second kappa shape index (κ2) is 5.95. The number of hydrogen-bond acceptors (Lipinski definition) is 5. The molecule has 20 heavy (non-hydrogen) atoms. The SMILES string of the molecule is CC1CCCCCC1Nc1cc(NN)nc(C2CC2)n1. The van der Waals surface area contributed by atoms with E-state index in [0.29, 0.717) is 23.7 Å². The van der Waals surface area contributed by atoms with Gasteiger partial charge in [0.05, 0.1) is 0 Å². The van der Waals surface area contributed by atoms with Gasteiger partial charge in [-0.25, -0.2) is 15.8 Å². The van der Waals surface area contributed by atoms with Crippen molar-refractivity contribution in [2.45, 2.75) is 63.8 Å². The summed E-state index contributed by atoms with van der Waals surface area (Å²) in [7, 11) is 0. The van der Waals surface area contributed by atoms with Crippen LogP contribution < -0.4 is 16.6 Å². The van der Waals surface area contributed by atoms with Crippen molar-refractivity contribution in [2.75, 3.05) is 10.7 Å². The van der Waals surface area contributed by atoms with Crippen LogP contribution in [0.3, 0.4) is 0 Å². The third-order valence-electron chi connectivity index (χ3n) is 4.53. The monoisotopic (exact) mass is 275 g/mol. The fourth-order valence-electron chi connectivity index (χ4n) is 3.04. The lowest BCUT2D eigenvalue weighted by Crippen LogP contribution is -2.27. The number of hydrogen-bond donors (Lipinski definition) is 3. The van der Waals surface area contributed by atoms with Crippen LogP contribution in [0.2, 0.25) is 0 Å². The molecule has 1 aromatic rings. The van der Waals surface area contributed by atoms with E-state index in [-0.39, 0.29) is 0 Å². The van der Waals surface area contributed by atoms with Crippen molar-refractivity contribution < 1.29 is 0 Å². The highest BCUT2D eigenvalue weighted by Crippen LogP contribution is 2.39. The highest BCUT2D eigenvalue weighted by molar-refractivity contribution is 5.48. The summed E-state index contributed by atoms with van der Waals surface area (Å²) >= 11 is 0. The Morgan fingerprint density at radius 2 is 1.80 bits per heavy atom. The molecule has 110 valence electrons. The maximum Gasteiger partial charge on any atom is 0.145 e. The molecule has 2 unspecified atom stereocenters. The molecule has 0 spiro atoms. The Hall–Kier alpha value is -1.36. The standard InChI is InChI=1S/C15H25N5/c1-10-5-3-2-4-6-12(10)17-13-9-14(20-16)19-15(18-13)11-7-8-11/h9-12H,2-8,16H2,1H3,(H2,17,18,19,20). The smallest absolute Gasteiger partial charge is 0.145 e. The van der Waals surface area contributed by atoms with E-state index < -0.39 is 0 Å². The fourth-order valence-corrected chi connectivity index (χ4v) is 3.04. The lowest BCUT2D eigenvalue weighted by atomic mass is 9.97. The molecule has 0 saturated heterocycles. The van der Waals surface area contributed by atoms with Crippen LogP contribution in [0.4, 0.5) is 11.6 Å². The molecule has 2 aliphatic rings. The van der Waals surface area contributed by atoms with E-state index in [1.807, 2.05) is 6.07 Å². The van der Waals surface area contributed by atoms with Gasteiger partial charge in [0.25, 0.3) is 0 Å². The van der Waals surface area contributed by atoms with E-state index in [2.05, 4.69) is 27.6 Å². The zero-order valence-corrected chi connectivity index (χ0v) is 12.2. The van der Waals surface area contributed by atoms with Crippen molar-refractivity contribution >= 4 is 11.6 Å². The first kappa shape index (κ1) is 13.6. The molecule has 5 nitrogen and oxygen atoms in total. The number of nitrogens with two attached hydrogens (primary N) is 1. The lowest BCUT2D eigenvalue weighted by Gasteiger charge is -2.23. The van der Waals surface area contributed by atoms with E-state index in [1.54, 1.807) is 0 Å². The molecule has 2 aliphatic carbocycles.